The highest BCUT2D eigenvalue weighted by Gasteiger charge is 2.41. The van der Waals surface area contributed by atoms with Gasteiger partial charge in [0.15, 0.2) is 0 Å². The van der Waals surface area contributed by atoms with Gasteiger partial charge in [-0.3, -0.25) is 14.6 Å². The first-order valence-electron chi connectivity index (χ1n) is 11.0. The molecule has 0 aromatic carbocycles. The molecule has 0 N–H and O–H groups in total. The summed E-state index contributed by atoms with van der Waals surface area (Å²) < 4.78 is 0. The second-order valence-corrected chi connectivity index (χ2v) is 9.25. The Balaban J connectivity index is 1.38. The molecule has 154 valence electrons. The summed E-state index contributed by atoms with van der Waals surface area (Å²) in [5, 5.41) is 0. The monoisotopic (exact) mass is 385 g/mol. The van der Waals surface area contributed by atoms with Crippen molar-refractivity contribution in [1.29, 1.82) is 0 Å². The van der Waals surface area contributed by atoms with Gasteiger partial charge in [0.2, 0.25) is 5.95 Å². The number of piperazine rings is 1. The fraction of sp³-hybridized carbons (Fsp3) is 0.773. The van der Waals surface area contributed by atoms with Crippen LogP contribution in [-0.2, 0) is 4.79 Å². The van der Waals surface area contributed by atoms with Crippen LogP contribution in [0.15, 0.2) is 12.4 Å². The minimum atomic E-state index is 0.0413. The summed E-state index contributed by atoms with van der Waals surface area (Å²) in [6.45, 7) is 12.5. The smallest absolute Gasteiger partial charge is 0.225 e. The molecule has 4 heterocycles. The van der Waals surface area contributed by atoms with E-state index >= 15 is 0 Å². The molecule has 6 heteroatoms. The van der Waals surface area contributed by atoms with E-state index in [1.807, 2.05) is 6.92 Å². The molecule has 0 amide bonds. The van der Waals surface area contributed by atoms with Crippen molar-refractivity contribution in [1.82, 2.24) is 19.8 Å². The van der Waals surface area contributed by atoms with Gasteiger partial charge in [-0.1, -0.05) is 0 Å². The minimum absolute atomic E-state index is 0.0413. The molecule has 6 nitrogen and oxygen atoms in total. The molecule has 0 spiro atoms. The lowest BCUT2D eigenvalue weighted by molar-refractivity contribution is -0.122. The van der Waals surface area contributed by atoms with Gasteiger partial charge in [-0.2, -0.15) is 0 Å². The van der Waals surface area contributed by atoms with Crippen LogP contribution in [0.25, 0.3) is 0 Å². The molecule has 28 heavy (non-hydrogen) atoms. The molecule has 0 saturated carbocycles. The predicted molar refractivity (Wildman–Crippen MR) is 112 cm³/mol. The quantitative estimate of drug-likeness (QED) is 0.777. The third kappa shape index (κ3) is 3.81. The van der Waals surface area contributed by atoms with E-state index in [1.54, 1.807) is 6.92 Å². The van der Waals surface area contributed by atoms with Gasteiger partial charge in [-0.05, 0) is 77.9 Å². The summed E-state index contributed by atoms with van der Waals surface area (Å²) in [5.74, 6) is 1.69. The number of nitrogens with zero attached hydrogens (tertiary/aromatic N) is 5. The number of aromatic nitrogens is 2. The topological polar surface area (TPSA) is 52.6 Å². The van der Waals surface area contributed by atoms with Crippen LogP contribution in [0.3, 0.4) is 0 Å². The number of piperidine rings is 1. The summed E-state index contributed by atoms with van der Waals surface area (Å²) in [4.78, 5) is 28.6. The van der Waals surface area contributed by atoms with Crippen LogP contribution in [0.2, 0.25) is 0 Å². The van der Waals surface area contributed by atoms with Crippen molar-refractivity contribution in [2.75, 3.05) is 31.1 Å². The maximum Gasteiger partial charge on any atom is 0.225 e. The van der Waals surface area contributed by atoms with Gasteiger partial charge in [0.25, 0.3) is 0 Å². The van der Waals surface area contributed by atoms with Gasteiger partial charge < -0.3 is 4.90 Å². The van der Waals surface area contributed by atoms with Crippen LogP contribution < -0.4 is 4.90 Å². The number of hydrogen-bond acceptors (Lipinski definition) is 6. The Bertz CT molecular complexity index is 669. The van der Waals surface area contributed by atoms with Crippen molar-refractivity contribution in [3.8, 4) is 0 Å². The van der Waals surface area contributed by atoms with E-state index < -0.39 is 0 Å². The summed E-state index contributed by atoms with van der Waals surface area (Å²) in [7, 11) is 0. The normalized spacial score (nSPS) is 28.1. The summed E-state index contributed by atoms with van der Waals surface area (Å²) in [5.41, 5.74) is 1.26. The first-order chi connectivity index (χ1) is 13.4. The fourth-order valence-corrected chi connectivity index (χ4v) is 5.24. The molecule has 1 aromatic rings. The zero-order valence-corrected chi connectivity index (χ0v) is 17.8. The highest BCUT2D eigenvalue weighted by atomic mass is 16.1. The zero-order chi connectivity index (χ0) is 19.8. The van der Waals surface area contributed by atoms with Gasteiger partial charge in [0, 0.05) is 43.6 Å². The molecule has 1 aromatic heterocycles. The van der Waals surface area contributed by atoms with Gasteiger partial charge >= 0.3 is 0 Å². The lowest BCUT2D eigenvalue weighted by atomic mass is 9.90. The van der Waals surface area contributed by atoms with Gasteiger partial charge in [-0.25, -0.2) is 9.97 Å². The Labute approximate surface area is 169 Å². The predicted octanol–water partition coefficient (Wildman–Crippen LogP) is 2.69. The van der Waals surface area contributed by atoms with Gasteiger partial charge in [-0.15, -0.1) is 0 Å². The zero-order valence-electron chi connectivity index (χ0n) is 17.8. The van der Waals surface area contributed by atoms with Crippen molar-refractivity contribution in [2.24, 2.45) is 0 Å². The highest BCUT2D eigenvalue weighted by Crippen LogP contribution is 2.34. The number of carbonyl (C=O) groups excluding carboxylic acids is 1. The Morgan fingerprint density at radius 3 is 2.04 bits per heavy atom. The lowest BCUT2D eigenvalue weighted by Crippen LogP contribution is -2.56. The number of Topliss-reactive ketones (excluding diaryl/α,β-unsaturated/α-hetero) is 1. The molecule has 4 rings (SSSR count). The first kappa shape index (κ1) is 19.8. The van der Waals surface area contributed by atoms with Crippen molar-refractivity contribution >= 4 is 11.7 Å². The van der Waals surface area contributed by atoms with E-state index in [-0.39, 0.29) is 11.8 Å². The molecule has 0 aliphatic carbocycles. The number of hydrogen-bond donors (Lipinski definition) is 0. The van der Waals surface area contributed by atoms with Crippen LogP contribution in [0.1, 0.15) is 64.9 Å². The van der Waals surface area contributed by atoms with Crippen LogP contribution >= 0.6 is 0 Å². The van der Waals surface area contributed by atoms with Crippen LogP contribution in [-0.4, -0.2) is 75.9 Å². The molecule has 3 aliphatic rings. The van der Waals surface area contributed by atoms with Crippen molar-refractivity contribution in [3.05, 3.63) is 18.0 Å². The number of anilines is 1. The van der Waals surface area contributed by atoms with E-state index in [2.05, 4.69) is 40.9 Å². The Morgan fingerprint density at radius 2 is 1.54 bits per heavy atom. The Hall–Kier alpha value is -1.53. The number of ketones is 1. The third-order valence-electron chi connectivity index (χ3n) is 7.27. The standard InChI is InChI=1S/C22H35N5O/c1-15(2)26-13-20-5-6-21(14-26)27(20)22-23-11-19(12-24-22)18-7-9-25(10-8-18)16(3)17(4)28/h11-12,15-16,18,20-21H,5-10,13-14H2,1-4H3/t16-,20?,21?/m0/s1. The molecule has 2 bridgehead atoms. The molecule has 3 atom stereocenters. The number of rotatable bonds is 5. The number of carbonyl (C=O) groups is 1. The second-order valence-electron chi connectivity index (χ2n) is 9.25. The first-order valence-corrected chi connectivity index (χ1v) is 11.0. The van der Waals surface area contributed by atoms with Crippen molar-refractivity contribution < 1.29 is 4.79 Å². The fourth-order valence-electron chi connectivity index (χ4n) is 5.24. The van der Waals surface area contributed by atoms with Gasteiger partial charge in [0.05, 0.1) is 6.04 Å². The van der Waals surface area contributed by atoms with Crippen LogP contribution in [0, 0.1) is 0 Å². The minimum Gasteiger partial charge on any atom is -0.332 e. The van der Waals surface area contributed by atoms with E-state index in [4.69, 9.17) is 9.97 Å². The average Bonchev–Trinajstić information content (AvgIpc) is 2.96. The maximum atomic E-state index is 11.6. The number of likely N-dealkylation sites (tertiary alicyclic amines) is 2. The van der Waals surface area contributed by atoms with E-state index in [0.29, 0.717) is 24.0 Å². The van der Waals surface area contributed by atoms with Crippen LogP contribution in [0.5, 0.6) is 0 Å². The Morgan fingerprint density at radius 1 is 0.964 bits per heavy atom. The summed E-state index contributed by atoms with van der Waals surface area (Å²) in [6, 6.07) is 1.77. The second kappa shape index (κ2) is 8.07. The maximum absolute atomic E-state index is 11.6. The number of fused-ring (bicyclic) bond motifs is 2. The largest absolute Gasteiger partial charge is 0.332 e. The molecular weight excluding hydrogens is 350 g/mol. The van der Waals surface area contributed by atoms with E-state index in [9.17, 15) is 4.79 Å². The summed E-state index contributed by atoms with van der Waals surface area (Å²) >= 11 is 0. The van der Waals surface area contributed by atoms with E-state index in [1.165, 1.54) is 18.4 Å². The summed E-state index contributed by atoms with van der Waals surface area (Å²) in [6.07, 6.45) is 8.80. The highest BCUT2D eigenvalue weighted by molar-refractivity contribution is 5.80. The molecule has 2 unspecified atom stereocenters. The molecule has 3 aliphatic heterocycles. The Kier molecular flexibility index (Phi) is 5.70. The van der Waals surface area contributed by atoms with E-state index in [0.717, 1.165) is 45.0 Å². The van der Waals surface area contributed by atoms with Crippen molar-refractivity contribution in [2.45, 2.75) is 83.5 Å². The molecule has 3 fully saturated rings. The average molecular weight is 386 g/mol. The van der Waals surface area contributed by atoms with Crippen LogP contribution in [0.4, 0.5) is 5.95 Å². The third-order valence-corrected chi connectivity index (χ3v) is 7.27. The molecule has 3 saturated heterocycles. The molecule has 0 radical (unpaired) electrons. The molecular formula is C22H35N5O. The van der Waals surface area contributed by atoms with Crippen molar-refractivity contribution in [3.63, 3.8) is 0 Å². The SMILES string of the molecule is CC(=O)[C@H](C)N1CCC(c2cnc(N3C4CCC3CN(C(C)C)C4)nc2)CC1. The lowest BCUT2D eigenvalue weighted by Gasteiger charge is -2.42. The van der Waals surface area contributed by atoms with Gasteiger partial charge in [0.1, 0.15) is 5.78 Å².